The molecule has 0 saturated carbocycles. The van der Waals surface area contributed by atoms with Crippen LogP contribution in [0.1, 0.15) is 65.2 Å². The van der Waals surface area contributed by atoms with Crippen LogP contribution >= 0.6 is 0 Å². The highest BCUT2D eigenvalue weighted by atomic mass is 32.2. The Morgan fingerprint density at radius 3 is 2.37 bits per heavy atom. The maximum atomic E-state index is 13.4. The molecule has 2 aliphatic heterocycles. The number of nitrogens with zero attached hydrogens (tertiary/aromatic N) is 2. The van der Waals surface area contributed by atoms with Gasteiger partial charge in [0.2, 0.25) is 10.0 Å². The average molecular weight is 427 g/mol. The van der Waals surface area contributed by atoms with Crippen LogP contribution in [-0.4, -0.2) is 43.2 Å². The molecule has 0 bridgehead atoms. The summed E-state index contributed by atoms with van der Waals surface area (Å²) in [6.45, 7) is 5.69. The number of piperidine rings is 1. The lowest BCUT2D eigenvalue weighted by Gasteiger charge is -2.28. The van der Waals surface area contributed by atoms with Gasteiger partial charge in [-0.15, -0.1) is 0 Å². The van der Waals surface area contributed by atoms with Crippen molar-refractivity contribution in [1.82, 2.24) is 9.21 Å². The second-order valence-electron chi connectivity index (χ2n) is 8.46. The van der Waals surface area contributed by atoms with E-state index in [0.717, 1.165) is 32.1 Å². The van der Waals surface area contributed by atoms with Gasteiger partial charge in [-0.2, -0.15) is 4.31 Å². The third-order valence-corrected chi connectivity index (χ3v) is 8.47. The normalized spacial score (nSPS) is 20.5. The zero-order valence-electron chi connectivity index (χ0n) is 17.8. The molecule has 2 aromatic carbocycles. The van der Waals surface area contributed by atoms with Crippen LogP contribution in [0.5, 0.6) is 0 Å². The Kier molecular flexibility index (Phi) is 5.98. The first kappa shape index (κ1) is 21.1. The van der Waals surface area contributed by atoms with Gasteiger partial charge in [0.1, 0.15) is 0 Å². The lowest BCUT2D eigenvalue weighted by Crippen LogP contribution is -2.36. The van der Waals surface area contributed by atoms with E-state index < -0.39 is 10.0 Å². The maximum Gasteiger partial charge on any atom is 0.254 e. The number of rotatable bonds is 4. The van der Waals surface area contributed by atoms with Gasteiger partial charge in [0.15, 0.2) is 0 Å². The second-order valence-corrected chi connectivity index (χ2v) is 10.4. The van der Waals surface area contributed by atoms with Crippen molar-refractivity contribution in [3.63, 3.8) is 0 Å². The number of carbonyl (C=O) groups excluding carboxylic acids is 1. The minimum absolute atomic E-state index is 0.0437. The van der Waals surface area contributed by atoms with Crippen molar-refractivity contribution in [2.75, 3.05) is 19.6 Å². The summed E-state index contributed by atoms with van der Waals surface area (Å²) in [7, 11) is -3.58. The Balaban J connectivity index is 1.65. The predicted molar refractivity (Wildman–Crippen MR) is 118 cm³/mol. The number of aryl methyl sites for hydroxylation is 2. The maximum absolute atomic E-state index is 13.4. The molecule has 2 aromatic rings. The van der Waals surface area contributed by atoms with Crippen LogP contribution in [0.25, 0.3) is 0 Å². The molecule has 2 heterocycles. The third-order valence-electron chi connectivity index (χ3n) is 6.43. The van der Waals surface area contributed by atoms with E-state index in [1.165, 1.54) is 11.1 Å². The number of hydrogen-bond donors (Lipinski definition) is 0. The van der Waals surface area contributed by atoms with Crippen molar-refractivity contribution in [2.24, 2.45) is 0 Å². The quantitative estimate of drug-likeness (QED) is 0.725. The first-order chi connectivity index (χ1) is 14.4. The fraction of sp³-hybridized carbons (Fsp3) is 0.458. The summed E-state index contributed by atoms with van der Waals surface area (Å²) < 4.78 is 28.0. The van der Waals surface area contributed by atoms with Gasteiger partial charge in [0.05, 0.1) is 10.9 Å². The third kappa shape index (κ3) is 3.91. The van der Waals surface area contributed by atoms with Crippen molar-refractivity contribution in [1.29, 1.82) is 0 Å². The number of amides is 1. The van der Waals surface area contributed by atoms with E-state index in [4.69, 9.17) is 0 Å². The topological polar surface area (TPSA) is 57.7 Å². The highest BCUT2D eigenvalue weighted by molar-refractivity contribution is 7.89. The molecule has 0 aliphatic carbocycles. The van der Waals surface area contributed by atoms with Crippen LogP contribution in [0.2, 0.25) is 0 Å². The van der Waals surface area contributed by atoms with Gasteiger partial charge < -0.3 is 4.90 Å². The SMILES string of the molecule is Cc1ccccc1C1CCCN1C(=O)c1ccc(C)c(S(=O)(=O)N2CCCCC2)c1. The van der Waals surface area contributed by atoms with Crippen molar-refractivity contribution in [2.45, 2.75) is 56.9 Å². The average Bonchev–Trinajstić information content (AvgIpc) is 3.24. The molecule has 2 fully saturated rings. The van der Waals surface area contributed by atoms with Crippen LogP contribution in [0.3, 0.4) is 0 Å². The van der Waals surface area contributed by atoms with E-state index in [1.807, 2.05) is 17.0 Å². The number of benzene rings is 2. The number of likely N-dealkylation sites (tertiary alicyclic amines) is 1. The zero-order chi connectivity index (χ0) is 21.3. The Hall–Kier alpha value is -2.18. The number of sulfonamides is 1. The van der Waals surface area contributed by atoms with E-state index in [-0.39, 0.29) is 16.8 Å². The smallest absolute Gasteiger partial charge is 0.254 e. The highest BCUT2D eigenvalue weighted by Gasteiger charge is 2.33. The molecule has 1 amide bonds. The van der Waals surface area contributed by atoms with Gasteiger partial charge >= 0.3 is 0 Å². The van der Waals surface area contributed by atoms with Crippen LogP contribution in [0, 0.1) is 13.8 Å². The van der Waals surface area contributed by atoms with Crippen molar-refractivity contribution < 1.29 is 13.2 Å². The molecule has 4 rings (SSSR count). The van der Waals surface area contributed by atoms with Gasteiger partial charge in [0.25, 0.3) is 5.91 Å². The van der Waals surface area contributed by atoms with Crippen molar-refractivity contribution in [3.05, 3.63) is 64.7 Å². The largest absolute Gasteiger partial charge is 0.332 e. The van der Waals surface area contributed by atoms with Gasteiger partial charge in [-0.25, -0.2) is 8.42 Å². The first-order valence-corrected chi connectivity index (χ1v) is 12.3. The molecule has 5 nitrogen and oxygen atoms in total. The lowest BCUT2D eigenvalue weighted by atomic mass is 9.99. The molecule has 0 aromatic heterocycles. The van der Waals surface area contributed by atoms with Gasteiger partial charge in [-0.3, -0.25) is 4.79 Å². The van der Waals surface area contributed by atoms with E-state index in [1.54, 1.807) is 29.4 Å². The molecule has 160 valence electrons. The van der Waals surface area contributed by atoms with Crippen LogP contribution in [0.4, 0.5) is 0 Å². The molecular weight excluding hydrogens is 396 g/mol. The van der Waals surface area contributed by atoms with Crippen LogP contribution < -0.4 is 0 Å². The predicted octanol–water partition coefficient (Wildman–Crippen LogP) is 4.46. The summed E-state index contributed by atoms with van der Waals surface area (Å²) in [6, 6.07) is 13.4. The highest BCUT2D eigenvalue weighted by Crippen LogP contribution is 2.35. The fourth-order valence-electron chi connectivity index (χ4n) is 4.71. The minimum atomic E-state index is -3.58. The van der Waals surface area contributed by atoms with Gasteiger partial charge in [-0.05, 0) is 68.4 Å². The van der Waals surface area contributed by atoms with E-state index in [0.29, 0.717) is 30.8 Å². The van der Waals surface area contributed by atoms with Crippen LogP contribution in [0.15, 0.2) is 47.4 Å². The zero-order valence-corrected chi connectivity index (χ0v) is 18.6. The lowest BCUT2D eigenvalue weighted by molar-refractivity contribution is 0.0735. The molecule has 2 aliphatic rings. The molecule has 0 radical (unpaired) electrons. The molecule has 2 saturated heterocycles. The summed E-state index contributed by atoms with van der Waals surface area (Å²) in [6.07, 6.45) is 4.74. The van der Waals surface area contributed by atoms with E-state index >= 15 is 0 Å². The van der Waals surface area contributed by atoms with E-state index in [2.05, 4.69) is 19.1 Å². The fourth-order valence-corrected chi connectivity index (χ4v) is 6.48. The Labute approximate surface area is 179 Å². The van der Waals surface area contributed by atoms with Crippen molar-refractivity contribution in [3.8, 4) is 0 Å². The molecule has 6 heteroatoms. The van der Waals surface area contributed by atoms with Gasteiger partial charge in [-0.1, -0.05) is 36.8 Å². The Morgan fingerprint density at radius 2 is 1.63 bits per heavy atom. The summed E-state index contributed by atoms with van der Waals surface area (Å²) >= 11 is 0. The monoisotopic (exact) mass is 426 g/mol. The summed E-state index contributed by atoms with van der Waals surface area (Å²) in [5.74, 6) is -0.0872. The second kappa shape index (κ2) is 8.52. The van der Waals surface area contributed by atoms with Crippen molar-refractivity contribution >= 4 is 15.9 Å². The Bertz CT molecular complexity index is 1040. The first-order valence-electron chi connectivity index (χ1n) is 10.9. The standard InChI is InChI=1S/C24H30N2O3S/c1-18-9-4-5-10-21(18)22-11-8-16-26(22)24(27)20-13-12-19(2)23(17-20)30(28,29)25-14-6-3-7-15-25/h4-5,9-10,12-13,17,22H,3,6-8,11,14-16H2,1-2H3. The summed E-state index contributed by atoms with van der Waals surface area (Å²) in [5, 5.41) is 0. The number of hydrogen-bond acceptors (Lipinski definition) is 3. The van der Waals surface area contributed by atoms with Gasteiger partial charge in [0, 0.05) is 25.2 Å². The summed E-state index contributed by atoms with van der Waals surface area (Å²) in [4.78, 5) is 15.6. The number of carbonyl (C=O) groups is 1. The Morgan fingerprint density at radius 1 is 0.900 bits per heavy atom. The molecule has 1 unspecified atom stereocenters. The molecule has 1 atom stereocenters. The molecule has 0 spiro atoms. The van der Waals surface area contributed by atoms with E-state index in [9.17, 15) is 13.2 Å². The molecule has 30 heavy (non-hydrogen) atoms. The minimum Gasteiger partial charge on any atom is -0.332 e. The molecule has 0 N–H and O–H groups in total. The summed E-state index contributed by atoms with van der Waals surface area (Å²) in [5.41, 5.74) is 3.50. The molecular formula is C24H30N2O3S. The van der Waals surface area contributed by atoms with Crippen LogP contribution in [-0.2, 0) is 10.0 Å².